The van der Waals surface area contributed by atoms with Crippen LogP contribution in [0.1, 0.15) is 6.42 Å². The summed E-state index contributed by atoms with van der Waals surface area (Å²) < 4.78 is 5.29. The van der Waals surface area contributed by atoms with Gasteiger partial charge in [-0.1, -0.05) is 0 Å². The molecule has 0 amide bonds. The minimum absolute atomic E-state index is 0. The van der Waals surface area contributed by atoms with Crippen molar-refractivity contribution in [1.29, 1.82) is 0 Å². The predicted molar refractivity (Wildman–Crippen MR) is 67.0 cm³/mol. The topological polar surface area (TPSA) is 81.5 Å². The van der Waals surface area contributed by atoms with Gasteiger partial charge in [-0.05, 0) is 18.2 Å². The normalized spacial score (nSPS) is 8.60. The molecule has 0 aliphatic heterocycles. The lowest BCUT2D eigenvalue weighted by Gasteiger charge is -2.08. The molecular formula is C9H16Cl2N2O2. The highest BCUT2D eigenvalue weighted by atomic mass is 35.5. The summed E-state index contributed by atoms with van der Waals surface area (Å²) in [5.41, 5.74) is 12.3. The Morgan fingerprint density at radius 1 is 1.20 bits per heavy atom. The van der Waals surface area contributed by atoms with Crippen molar-refractivity contribution in [1.82, 2.24) is 0 Å². The van der Waals surface area contributed by atoms with Crippen LogP contribution in [-0.4, -0.2) is 18.3 Å². The van der Waals surface area contributed by atoms with Crippen molar-refractivity contribution in [2.24, 2.45) is 0 Å². The van der Waals surface area contributed by atoms with Crippen molar-refractivity contribution in [2.75, 3.05) is 24.7 Å². The Bertz CT molecular complexity index is 285. The van der Waals surface area contributed by atoms with E-state index in [-0.39, 0.29) is 31.4 Å². The molecule has 1 aromatic rings. The first kappa shape index (κ1) is 16.6. The van der Waals surface area contributed by atoms with Crippen molar-refractivity contribution in [2.45, 2.75) is 6.42 Å². The number of ether oxygens (including phenoxy) is 1. The highest BCUT2D eigenvalue weighted by molar-refractivity contribution is 5.85. The molecule has 0 aromatic heterocycles. The van der Waals surface area contributed by atoms with Gasteiger partial charge in [0, 0.05) is 18.7 Å². The molecule has 15 heavy (non-hydrogen) atoms. The molecule has 0 atom stereocenters. The van der Waals surface area contributed by atoms with Crippen LogP contribution in [-0.2, 0) is 0 Å². The summed E-state index contributed by atoms with van der Waals surface area (Å²) in [6.45, 7) is 0.583. The molecule has 1 rings (SSSR count). The van der Waals surface area contributed by atoms with E-state index in [4.69, 9.17) is 21.3 Å². The van der Waals surface area contributed by atoms with E-state index in [0.29, 0.717) is 30.2 Å². The average Bonchev–Trinajstić information content (AvgIpc) is 2.09. The summed E-state index contributed by atoms with van der Waals surface area (Å²) in [5.74, 6) is 0.614. The molecule has 0 saturated carbocycles. The van der Waals surface area contributed by atoms with Gasteiger partial charge < -0.3 is 21.3 Å². The second-order valence-electron chi connectivity index (χ2n) is 2.72. The minimum atomic E-state index is 0. The highest BCUT2D eigenvalue weighted by Crippen LogP contribution is 2.23. The highest BCUT2D eigenvalue weighted by Gasteiger charge is 1.99. The maximum Gasteiger partial charge on any atom is 0.142 e. The molecule has 0 spiro atoms. The van der Waals surface area contributed by atoms with Crippen LogP contribution in [0.2, 0.25) is 0 Å². The van der Waals surface area contributed by atoms with Crippen LogP contribution in [0.15, 0.2) is 18.2 Å². The SMILES string of the molecule is Cl.Cl.Nc1ccc(OCCCO)c(N)c1. The predicted octanol–water partition coefficient (Wildman–Crippen LogP) is 1.46. The van der Waals surface area contributed by atoms with Gasteiger partial charge in [0.1, 0.15) is 5.75 Å². The van der Waals surface area contributed by atoms with Crippen LogP contribution in [0.5, 0.6) is 5.75 Å². The molecule has 1 aromatic carbocycles. The Labute approximate surface area is 101 Å². The van der Waals surface area contributed by atoms with Crippen molar-refractivity contribution in [3.63, 3.8) is 0 Å². The maximum atomic E-state index is 8.53. The lowest BCUT2D eigenvalue weighted by atomic mass is 10.2. The van der Waals surface area contributed by atoms with Gasteiger partial charge in [0.15, 0.2) is 0 Å². The first-order valence-electron chi connectivity index (χ1n) is 4.12. The van der Waals surface area contributed by atoms with E-state index in [0.717, 1.165) is 0 Å². The molecule has 0 aliphatic rings. The molecule has 0 radical (unpaired) electrons. The lowest BCUT2D eigenvalue weighted by Crippen LogP contribution is -2.02. The third kappa shape index (κ3) is 5.57. The number of nitrogen functional groups attached to an aromatic ring is 2. The summed E-state index contributed by atoms with van der Waals surface area (Å²) in [6, 6.07) is 5.10. The Hall–Kier alpha value is -0.840. The summed E-state index contributed by atoms with van der Waals surface area (Å²) in [4.78, 5) is 0. The number of benzene rings is 1. The Balaban J connectivity index is 0. The number of anilines is 2. The second-order valence-corrected chi connectivity index (χ2v) is 2.72. The number of nitrogens with two attached hydrogens (primary N) is 2. The molecule has 6 heteroatoms. The van der Waals surface area contributed by atoms with Crippen molar-refractivity contribution in [3.05, 3.63) is 18.2 Å². The Kier molecular flexibility index (Phi) is 9.36. The van der Waals surface area contributed by atoms with Crippen LogP contribution in [0, 0.1) is 0 Å². The van der Waals surface area contributed by atoms with Gasteiger partial charge in [-0.25, -0.2) is 0 Å². The lowest BCUT2D eigenvalue weighted by molar-refractivity contribution is 0.234. The first-order valence-corrected chi connectivity index (χ1v) is 4.12. The van der Waals surface area contributed by atoms with E-state index in [1.807, 2.05) is 0 Å². The van der Waals surface area contributed by atoms with Crippen LogP contribution in [0.4, 0.5) is 11.4 Å². The summed E-state index contributed by atoms with van der Waals surface area (Å²) >= 11 is 0. The van der Waals surface area contributed by atoms with Crippen LogP contribution in [0.25, 0.3) is 0 Å². The molecule has 0 bridgehead atoms. The third-order valence-corrected chi connectivity index (χ3v) is 1.59. The van der Waals surface area contributed by atoms with E-state index >= 15 is 0 Å². The average molecular weight is 255 g/mol. The molecule has 4 nitrogen and oxygen atoms in total. The summed E-state index contributed by atoms with van der Waals surface area (Å²) in [5, 5.41) is 8.53. The number of hydrogen-bond acceptors (Lipinski definition) is 4. The van der Waals surface area contributed by atoms with E-state index in [2.05, 4.69) is 0 Å². The molecule has 0 saturated heterocycles. The fourth-order valence-electron chi connectivity index (χ4n) is 0.945. The molecular weight excluding hydrogens is 239 g/mol. The van der Waals surface area contributed by atoms with E-state index in [1.54, 1.807) is 18.2 Å². The zero-order valence-electron chi connectivity index (χ0n) is 8.18. The van der Waals surface area contributed by atoms with Gasteiger partial charge >= 0.3 is 0 Å². The molecule has 0 fully saturated rings. The molecule has 0 heterocycles. The molecule has 88 valence electrons. The van der Waals surface area contributed by atoms with Crippen molar-refractivity contribution in [3.8, 4) is 5.75 Å². The van der Waals surface area contributed by atoms with E-state index in [9.17, 15) is 0 Å². The van der Waals surface area contributed by atoms with E-state index in [1.165, 1.54) is 0 Å². The van der Waals surface area contributed by atoms with Gasteiger partial charge in [-0.3, -0.25) is 0 Å². The Morgan fingerprint density at radius 2 is 1.87 bits per heavy atom. The van der Waals surface area contributed by atoms with Crippen LogP contribution < -0.4 is 16.2 Å². The van der Waals surface area contributed by atoms with Gasteiger partial charge in [0.2, 0.25) is 0 Å². The standard InChI is InChI=1S/C9H14N2O2.2ClH/c10-7-2-3-9(8(11)6-7)13-5-1-4-12;;/h2-3,6,12H,1,4-5,10-11H2;2*1H. The number of hydrogen-bond donors (Lipinski definition) is 3. The van der Waals surface area contributed by atoms with Crippen molar-refractivity contribution < 1.29 is 9.84 Å². The minimum Gasteiger partial charge on any atom is -0.491 e. The van der Waals surface area contributed by atoms with E-state index < -0.39 is 0 Å². The van der Waals surface area contributed by atoms with Crippen LogP contribution >= 0.6 is 24.8 Å². The number of rotatable bonds is 4. The molecule has 0 aliphatic carbocycles. The summed E-state index contributed by atoms with van der Waals surface area (Å²) in [7, 11) is 0. The van der Waals surface area contributed by atoms with Crippen molar-refractivity contribution >= 4 is 36.2 Å². The van der Waals surface area contributed by atoms with Gasteiger partial charge in [-0.2, -0.15) is 0 Å². The van der Waals surface area contributed by atoms with Crippen LogP contribution in [0.3, 0.4) is 0 Å². The van der Waals surface area contributed by atoms with Gasteiger partial charge in [-0.15, -0.1) is 24.8 Å². The number of aliphatic hydroxyl groups excluding tert-OH is 1. The number of halogens is 2. The zero-order chi connectivity index (χ0) is 9.68. The molecule has 0 unspecified atom stereocenters. The fourth-order valence-corrected chi connectivity index (χ4v) is 0.945. The summed E-state index contributed by atoms with van der Waals surface area (Å²) in [6.07, 6.45) is 0.601. The third-order valence-electron chi connectivity index (χ3n) is 1.59. The van der Waals surface area contributed by atoms with Gasteiger partial charge in [0.05, 0.1) is 12.3 Å². The smallest absolute Gasteiger partial charge is 0.142 e. The molecule has 5 N–H and O–H groups in total. The monoisotopic (exact) mass is 254 g/mol. The Morgan fingerprint density at radius 3 is 2.40 bits per heavy atom. The quantitative estimate of drug-likeness (QED) is 0.562. The number of aliphatic hydroxyl groups is 1. The largest absolute Gasteiger partial charge is 0.491 e. The second kappa shape index (κ2) is 8.47. The van der Waals surface area contributed by atoms with Gasteiger partial charge in [0.25, 0.3) is 0 Å². The fraction of sp³-hybridized carbons (Fsp3) is 0.333. The maximum absolute atomic E-state index is 8.53. The first-order chi connectivity index (χ1) is 6.24. The zero-order valence-corrected chi connectivity index (χ0v) is 9.81.